The van der Waals surface area contributed by atoms with Crippen LogP contribution in [-0.4, -0.2) is 67.6 Å². The fourth-order valence-electron chi connectivity index (χ4n) is 4.77. The van der Waals surface area contributed by atoms with Gasteiger partial charge in [-0.05, 0) is 61.6 Å². The van der Waals surface area contributed by atoms with Crippen LogP contribution < -0.4 is 10.1 Å². The zero-order chi connectivity index (χ0) is 33.6. The lowest BCUT2D eigenvalue weighted by Crippen LogP contribution is -2.38. The van der Waals surface area contributed by atoms with E-state index in [4.69, 9.17) is 13.7 Å². The highest BCUT2D eigenvalue weighted by molar-refractivity contribution is 8.30. The lowest BCUT2D eigenvalue weighted by atomic mass is 10.1. The number of aromatic nitrogens is 5. The summed E-state index contributed by atoms with van der Waals surface area (Å²) in [4.78, 5) is 27.8. The molecule has 1 amide bonds. The standard InChI is InChI=1S/C35H39N7O4S/c1-24-12-15-31(37-20-24)41-33(43)30(22-44-16-17-45-47(6,35(3,4)5)27-10-8-7-9-11-27)46-34-28-21-40-42(32(28)38-23-39-34)29-18-26(19-36)14-13-25(29)2/h7-15,18,20-21,23,30H,16-17,22H2,1-6H3,(H,37,41,43)/t30-/m0/s1. The molecule has 0 saturated heterocycles. The third kappa shape index (κ3) is 7.60. The first-order chi connectivity index (χ1) is 22.5. The van der Waals surface area contributed by atoms with Crippen molar-refractivity contribution >= 4 is 33.1 Å². The molecule has 0 aliphatic rings. The van der Waals surface area contributed by atoms with Crippen molar-refractivity contribution in [1.82, 2.24) is 24.7 Å². The van der Waals surface area contributed by atoms with Gasteiger partial charge in [-0.2, -0.15) is 10.4 Å². The average Bonchev–Trinajstić information content (AvgIpc) is 3.50. The Morgan fingerprint density at radius 3 is 2.51 bits per heavy atom. The van der Waals surface area contributed by atoms with Gasteiger partial charge in [-0.25, -0.2) is 19.6 Å². The summed E-state index contributed by atoms with van der Waals surface area (Å²) in [6, 6.07) is 21.3. The van der Waals surface area contributed by atoms with E-state index in [1.807, 2.05) is 44.2 Å². The number of fused-ring (bicyclic) bond motifs is 1. The maximum Gasteiger partial charge on any atom is 0.269 e. The van der Waals surface area contributed by atoms with Gasteiger partial charge >= 0.3 is 0 Å². The zero-order valence-electron chi connectivity index (χ0n) is 27.4. The molecule has 12 heteroatoms. The molecule has 0 aliphatic heterocycles. The summed E-state index contributed by atoms with van der Waals surface area (Å²) >= 11 is 0. The highest BCUT2D eigenvalue weighted by Crippen LogP contribution is 2.63. The quantitative estimate of drug-likeness (QED) is 0.153. The Morgan fingerprint density at radius 2 is 1.81 bits per heavy atom. The Labute approximate surface area is 276 Å². The number of pyridine rings is 1. The van der Waals surface area contributed by atoms with Gasteiger partial charge in [-0.15, -0.1) is 10.3 Å². The molecule has 1 unspecified atom stereocenters. The molecular weight excluding hydrogens is 614 g/mol. The minimum Gasteiger partial charge on any atom is -0.461 e. The van der Waals surface area contributed by atoms with Crippen molar-refractivity contribution < 1.29 is 18.5 Å². The minimum atomic E-state index is -1.64. The van der Waals surface area contributed by atoms with Gasteiger partial charge in [0.25, 0.3) is 5.91 Å². The van der Waals surface area contributed by atoms with Crippen LogP contribution in [0.15, 0.2) is 84.3 Å². The van der Waals surface area contributed by atoms with E-state index in [1.54, 1.807) is 35.3 Å². The molecule has 47 heavy (non-hydrogen) atoms. The third-order valence-electron chi connectivity index (χ3n) is 7.78. The largest absolute Gasteiger partial charge is 0.461 e. The van der Waals surface area contributed by atoms with Gasteiger partial charge < -0.3 is 19.0 Å². The third-order valence-corrected chi connectivity index (χ3v) is 11.9. The van der Waals surface area contributed by atoms with E-state index in [9.17, 15) is 10.1 Å². The number of carbonyl (C=O) groups excluding carboxylic acids is 1. The molecule has 5 aromatic rings. The van der Waals surface area contributed by atoms with Crippen LogP contribution in [0.3, 0.4) is 0 Å². The SMILES string of the molecule is Cc1ccc(NC(=O)[C@H](COCCOS(C)(c2ccccc2)C(C)(C)C)Oc2ncnc3c2cnn3-c2cc(C#N)ccc2C)nc1. The Kier molecular flexibility index (Phi) is 10.2. The summed E-state index contributed by atoms with van der Waals surface area (Å²) in [7, 11) is -1.64. The smallest absolute Gasteiger partial charge is 0.269 e. The van der Waals surface area contributed by atoms with Crippen LogP contribution in [0.2, 0.25) is 0 Å². The number of anilines is 1. The monoisotopic (exact) mass is 653 g/mol. The normalized spacial score (nSPS) is 14.1. The first kappa shape index (κ1) is 33.5. The Hall–Kier alpha value is -4.83. The van der Waals surface area contributed by atoms with Gasteiger partial charge in [0.2, 0.25) is 12.0 Å². The topological polar surface area (TPSA) is 137 Å². The first-order valence-electron chi connectivity index (χ1n) is 15.2. The first-order valence-corrected chi connectivity index (χ1v) is 17.1. The molecule has 0 fully saturated rings. The van der Waals surface area contributed by atoms with E-state index in [1.165, 1.54) is 6.33 Å². The van der Waals surface area contributed by atoms with Gasteiger partial charge in [0.05, 0.1) is 43.3 Å². The molecule has 0 saturated carbocycles. The molecule has 0 spiro atoms. The van der Waals surface area contributed by atoms with E-state index in [-0.39, 0.29) is 23.8 Å². The predicted molar refractivity (Wildman–Crippen MR) is 183 cm³/mol. The van der Waals surface area contributed by atoms with Crippen molar-refractivity contribution in [3.8, 4) is 17.6 Å². The molecule has 2 atom stereocenters. The summed E-state index contributed by atoms with van der Waals surface area (Å²) in [6.45, 7) is 10.9. The van der Waals surface area contributed by atoms with Crippen LogP contribution in [0.5, 0.6) is 5.88 Å². The van der Waals surface area contributed by atoms with E-state index >= 15 is 0 Å². The van der Waals surface area contributed by atoms with Crippen molar-refractivity contribution in [2.75, 3.05) is 31.4 Å². The number of carbonyl (C=O) groups is 1. The molecule has 244 valence electrons. The second-order valence-electron chi connectivity index (χ2n) is 12.1. The summed E-state index contributed by atoms with van der Waals surface area (Å²) in [5.74, 6) is 0.105. The van der Waals surface area contributed by atoms with E-state index in [0.717, 1.165) is 16.0 Å². The number of rotatable bonds is 12. The fraction of sp³-hybridized carbons (Fsp3) is 0.314. The number of aryl methyl sites for hydroxylation is 2. The maximum absolute atomic E-state index is 13.5. The van der Waals surface area contributed by atoms with E-state index in [0.29, 0.717) is 34.7 Å². The van der Waals surface area contributed by atoms with Gasteiger partial charge in [-0.1, -0.05) is 51.1 Å². The molecule has 0 bridgehead atoms. The molecule has 11 nitrogen and oxygen atoms in total. The lowest BCUT2D eigenvalue weighted by molar-refractivity contribution is -0.125. The second-order valence-corrected chi connectivity index (χ2v) is 15.7. The number of hydrogen-bond acceptors (Lipinski definition) is 9. The maximum atomic E-state index is 13.5. The summed E-state index contributed by atoms with van der Waals surface area (Å²) in [5, 5.41) is 17.3. The van der Waals surface area contributed by atoms with E-state index < -0.39 is 22.3 Å². The number of nitrogens with zero attached hydrogens (tertiary/aromatic N) is 6. The number of amides is 1. The van der Waals surface area contributed by atoms with Crippen molar-refractivity contribution in [3.05, 3.63) is 96.1 Å². The summed E-state index contributed by atoms with van der Waals surface area (Å²) in [6.07, 6.45) is 5.68. The van der Waals surface area contributed by atoms with Gasteiger partial charge in [0.1, 0.15) is 17.5 Å². The molecule has 1 N–H and O–H groups in total. The van der Waals surface area contributed by atoms with E-state index in [2.05, 4.69) is 70.6 Å². The Bertz CT molecular complexity index is 1880. The van der Waals surface area contributed by atoms with Crippen molar-refractivity contribution in [3.63, 3.8) is 0 Å². The Morgan fingerprint density at radius 1 is 1.02 bits per heavy atom. The number of hydrogen-bond donors (Lipinski definition) is 1. The summed E-state index contributed by atoms with van der Waals surface area (Å²) in [5.41, 5.74) is 3.54. The lowest BCUT2D eigenvalue weighted by Gasteiger charge is -2.47. The van der Waals surface area contributed by atoms with Gasteiger partial charge in [-0.3, -0.25) is 4.79 Å². The average molecular weight is 654 g/mol. The molecule has 5 rings (SSSR count). The molecule has 0 radical (unpaired) electrons. The van der Waals surface area contributed by atoms with Crippen molar-refractivity contribution in [2.45, 2.75) is 50.4 Å². The number of nitriles is 1. The van der Waals surface area contributed by atoms with Crippen LogP contribution in [-0.2, 0) is 13.7 Å². The van der Waals surface area contributed by atoms with Crippen LogP contribution in [0.25, 0.3) is 16.7 Å². The summed E-state index contributed by atoms with van der Waals surface area (Å²) < 4.78 is 20.3. The highest BCUT2D eigenvalue weighted by Gasteiger charge is 2.35. The molecular formula is C35H39N7O4S. The molecule has 3 aromatic heterocycles. The fourth-order valence-corrected chi connectivity index (χ4v) is 7.05. The predicted octanol–water partition coefficient (Wildman–Crippen LogP) is 6.33. The molecule has 3 heterocycles. The van der Waals surface area contributed by atoms with Gasteiger partial charge in [0, 0.05) is 15.8 Å². The van der Waals surface area contributed by atoms with Crippen LogP contribution in [0.1, 0.15) is 37.5 Å². The van der Waals surface area contributed by atoms with Crippen LogP contribution >= 0.6 is 10.3 Å². The number of ether oxygens (including phenoxy) is 2. The van der Waals surface area contributed by atoms with Crippen molar-refractivity contribution in [2.24, 2.45) is 0 Å². The second kappa shape index (κ2) is 14.3. The zero-order valence-corrected chi connectivity index (χ0v) is 28.2. The van der Waals surface area contributed by atoms with Gasteiger partial charge in [0.15, 0.2) is 5.65 Å². The molecule has 0 aliphatic carbocycles. The van der Waals surface area contributed by atoms with Crippen LogP contribution in [0, 0.1) is 25.2 Å². The number of benzene rings is 2. The van der Waals surface area contributed by atoms with Crippen LogP contribution in [0.4, 0.5) is 5.82 Å². The van der Waals surface area contributed by atoms with Crippen molar-refractivity contribution in [1.29, 1.82) is 5.26 Å². The number of nitrogens with one attached hydrogen (secondary N) is 1. The molecule has 2 aromatic carbocycles. The Balaban J connectivity index is 1.35. The highest BCUT2D eigenvalue weighted by atomic mass is 32.3. The minimum absolute atomic E-state index is 0.0725.